The smallest absolute Gasteiger partial charge is 0.243 e. The number of hydrogen-bond donors (Lipinski definition) is 0. The average Bonchev–Trinajstić information content (AvgIpc) is 2.74. The third kappa shape index (κ3) is 4.47. The zero-order valence-corrected chi connectivity index (χ0v) is 16.5. The fraction of sp³-hybridized carbons (Fsp3) is 0.200. The number of rotatable bonds is 8. The number of benzene rings is 1. The van der Waals surface area contributed by atoms with Gasteiger partial charge in [-0.05, 0) is 35.4 Å². The first-order valence-electron chi connectivity index (χ1n) is 8.54. The Labute approximate surface area is 164 Å². The van der Waals surface area contributed by atoms with Crippen LogP contribution in [-0.4, -0.2) is 36.9 Å². The highest BCUT2D eigenvalue weighted by Gasteiger charge is 2.26. The van der Waals surface area contributed by atoms with Gasteiger partial charge in [-0.15, -0.1) is 0 Å². The van der Waals surface area contributed by atoms with Gasteiger partial charge in [0, 0.05) is 43.9 Å². The van der Waals surface area contributed by atoms with E-state index in [0.29, 0.717) is 11.5 Å². The Morgan fingerprint density at radius 1 is 0.857 bits per heavy atom. The molecule has 0 fully saturated rings. The molecule has 0 N–H and O–H groups in total. The number of sulfonamides is 1. The van der Waals surface area contributed by atoms with Crippen molar-refractivity contribution in [2.45, 2.75) is 18.0 Å². The van der Waals surface area contributed by atoms with Gasteiger partial charge >= 0.3 is 0 Å². The minimum absolute atomic E-state index is 0.123. The topological polar surface area (TPSA) is 81.6 Å². The first kappa shape index (κ1) is 19.8. The highest BCUT2D eigenvalue weighted by molar-refractivity contribution is 7.89. The summed E-state index contributed by atoms with van der Waals surface area (Å²) >= 11 is 0. The van der Waals surface area contributed by atoms with E-state index in [9.17, 15) is 8.42 Å². The molecule has 0 atom stereocenters. The second-order valence-corrected chi connectivity index (χ2v) is 7.95. The van der Waals surface area contributed by atoms with Gasteiger partial charge in [-0.1, -0.05) is 12.1 Å². The van der Waals surface area contributed by atoms with Crippen molar-refractivity contribution in [3.8, 4) is 11.5 Å². The Bertz CT molecular complexity index is 971. The molecule has 146 valence electrons. The first-order valence-corrected chi connectivity index (χ1v) is 9.98. The number of ether oxygens (including phenoxy) is 2. The number of nitrogens with zero attached hydrogens (tertiary/aromatic N) is 3. The lowest BCUT2D eigenvalue weighted by Crippen LogP contribution is -2.30. The van der Waals surface area contributed by atoms with Gasteiger partial charge in [-0.25, -0.2) is 8.42 Å². The van der Waals surface area contributed by atoms with Gasteiger partial charge in [0.2, 0.25) is 10.0 Å². The van der Waals surface area contributed by atoms with Crippen molar-refractivity contribution in [2.75, 3.05) is 14.2 Å². The minimum Gasteiger partial charge on any atom is -0.493 e. The predicted octanol–water partition coefficient (Wildman–Crippen LogP) is 2.88. The molecule has 2 aromatic heterocycles. The van der Waals surface area contributed by atoms with Gasteiger partial charge < -0.3 is 9.47 Å². The molecule has 2 heterocycles. The fourth-order valence-electron chi connectivity index (χ4n) is 2.74. The van der Waals surface area contributed by atoms with Crippen LogP contribution < -0.4 is 9.47 Å². The van der Waals surface area contributed by atoms with Gasteiger partial charge in [0.25, 0.3) is 0 Å². The second kappa shape index (κ2) is 8.81. The predicted molar refractivity (Wildman–Crippen MR) is 104 cm³/mol. The molecule has 0 spiro atoms. The van der Waals surface area contributed by atoms with Crippen molar-refractivity contribution in [3.05, 3.63) is 78.4 Å². The molecule has 0 radical (unpaired) electrons. The van der Waals surface area contributed by atoms with E-state index in [2.05, 4.69) is 9.97 Å². The molecule has 28 heavy (non-hydrogen) atoms. The van der Waals surface area contributed by atoms with Gasteiger partial charge in [-0.2, -0.15) is 4.31 Å². The van der Waals surface area contributed by atoms with E-state index in [1.165, 1.54) is 30.7 Å². The molecule has 3 aromatic rings. The van der Waals surface area contributed by atoms with Crippen molar-refractivity contribution < 1.29 is 17.9 Å². The third-order valence-electron chi connectivity index (χ3n) is 4.16. The van der Waals surface area contributed by atoms with Gasteiger partial charge in [-0.3, -0.25) is 9.97 Å². The lowest BCUT2D eigenvalue weighted by molar-refractivity contribution is 0.353. The van der Waals surface area contributed by atoms with E-state index in [4.69, 9.17) is 9.47 Å². The normalized spacial score (nSPS) is 11.4. The Balaban J connectivity index is 2.00. The summed E-state index contributed by atoms with van der Waals surface area (Å²) in [5, 5.41) is 0. The summed E-state index contributed by atoms with van der Waals surface area (Å²) in [7, 11) is -0.840. The van der Waals surface area contributed by atoms with Crippen LogP contribution in [0.15, 0.2) is 72.1 Å². The molecule has 0 saturated heterocycles. The third-order valence-corrected chi connectivity index (χ3v) is 5.94. The maximum Gasteiger partial charge on any atom is 0.243 e. The van der Waals surface area contributed by atoms with E-state index in [1.807, 2.05) is 12.1 Å². The van der Waals surface area contributed by atoms with Crippen LogP contribution in [-0.2, 0) is 23.1 Å². The lowest BCUT2D eigenvalue weighted by atomic mass is 10.2. The van der Waals surface area contributed by atoms with Crippen LogP contribution in [0.2, 0.25) is 0 Å². The van der Waals surface area contributed by atoms with E-state index >= 15 is 0 Å². The van der Waals surface area contributed by atoms with E-state index in [1.54, 1.807) is 43.0 Å². The zero-order chi connectivity index (χ0) is 20.0. The monoisotopic (exact) mass is 399 g/mol. The number of methoxy groups -OCH3 is 2. The first-order chi connectivity index (χ1) is 13.5. The van der Waals surface area contributed by atoms with E-state index in [-0.39, 0.29) is 18.0 Å². The molecule has 0 bridgehead atoms. The maximum atomic E-state index is 13.4. The van der Waals surface area contributed by atoms with Crippen molar-refractivity contribution in [3.63, 3.8) is 0 Å². The molecule has 0 saturated carbocycles. The molecule has 0 aliphatic heterocycles. The molecule has 7 nitrogen and oxygen atoms in total. The summed E-state index contributed by atoms with van der Waals surface area (Å²) in [6, 6.07) is 11.8. The molecule has 1 aromatic carbocycles. The molecular weight excluding hydrogens is 378 g/mol. The number of pyridine rings is 2. The molecule has 0 aliphatic carbocycles. The van der Waals surface area contributed by atoms with E-state index < -0.39 is 10.0 Å². The Morgan fingerprint density at radius 2 is 1.43 bits per heavy atom. The Hall–Kier alpha value is -2.97. The molecular formula is C20H21N3O4S. The van der Waals surface area contributed by atoms with Crippen LogP contribution in [0.4, 0.5) is 0 Å². The van der Waals surface area contributed by atoms with Gasteiger partial charge in [0.05, 0.1) is 19.1 Å². The summed E-state index contributed by atoms with van der Waals surface area (Å²) < 4.78 is 38.7. The highest BCUT2D eigenvalue weighted by atomic mass is 32.2. The average molecular weight is 399 g/mol. The molecule has 0 amide bonds. The van der Waals surface area contributed by atoms with Crippen LogP contribution >= 0.6 is 0 Å². The van der Waals surface area contributed by atoms with Gasteiger partial charge in [0.1, 0.15) is 0 Å². The minimum atomic E-state index is -3.81. The van der Waals surface area contributed by atoms with Crippen molar-refractivity contribution in [1.29, 1.82) is 0 Å². The number of aromatic nitrogens is 2. The summed E-state index contributed by atoms with van der Waals surface area (Å²) in [6.45, 7) is 0.360. The SMILES string of the molecule is COc1ccc(S(=O)(=O)N(Cc2cccnc2)Cc2cccnc2)cc1OC. The second-order valence-electron chi connectivity index (χ2n) is 6.01. The largest absolute Gasteiger partial charge is 0.493 e. The lowest BCUT2D eigenvalue weighted by Gasteiger charge is -2.23. The molecule has 3 rings (SSSR count). The van der Waals surface area contributed by atoms with Crippen LogP contribution in [0, 0.1) is 0 Å². The summed E-state index contributed by atoms with van der Waals surface area (Å²) in [5.41, 5.74) is 1.57. The van der Waals surface area contributed by atoms with Crippen molar-refractivity contribution in [1.82, 2.24) is 14.3 Å². The standard InChI is InChI=1S/C20H21N3O4S/c1-26-19-8-7-18(11-20(19)27-2)28(24,25)23(14-16-5-3-9-21-12-16)15-17-6-4-10-22-13-17/h3-13H,14-15H2,1-2H3. The molecule has 0 aliphatic rings. The summed E-state index contributed by atoms with van der Waals surface area (Å²) in [6.07, 6.45) is 6.61. The summed E-state index contributed by atoms with van der Waals surface area (Å²) in [5.74, 6) is 0.818. The molecule has 8 heteroatoms. The highest BCUT2D eigenvalue weighted by Crippen LogP contribution is 2.31. The van der Waals surface area contributed by atoms with Crippen LogP contribution in [0.3, 0.4) is 0 Å². The fourth-order valence-corrected chi connectivity index (χ4v) is 4.17. The van der Waals surface area contributed by atoms with Gasteiger partial charge in [0.15, 0.2) is 11.5 Å². The molecule has 0 unspecified atom stereocenters. The van der Waals surface area contributed by atoms with Crippen molar-refractivity contribution >= 4 is 10.0 Å². The summed E-state index contributed by atoms with van der Waals surface area (Å²) in [4.78, 5) is 8.28. The van der Waals surface area contributed by atoms with Crippen LogP contribution in [0.25, 0.3) is 0 Å². The zero-order valence-electron chi connectivity index (χ0n) is 15.6. The van der Waals surface area contributed by atoms with E-state index in [0.717, 1.165) is 11.1 Å². The van der Waals surface area contributed by atoms with Crippen LogP contribution in [0.1, 0.15) is 11.1 Å². The maximum absolute atomic E-state index is 13.4. The number of hydrogen-bond acceptors (Lipinski definition) is 6. The quantitative estimate of drug-likeness (QED) is 0.579. The van der Waals surface area contributed by atoms with Crippen molar-refractivity contribution in [2.24, 2.45) is 0 Å². The van der Waals surface area contributed by atoms with Crippen LogP contribution in [0.5, 0.6) is 11.5 Å². The Morgan fingerprint density at radius 3 is 1.89 bits per heavy atom. The Kier molecular flexibility index (Phi) is 6.23.